The zero-order valence-corrected chi connectivity index (χ0v) is 79.7. The summed E-state index contributed by atoms with van der Waals surface area (Å²) in [5.41, 5.74) is 41.3. The van der Waals surface area contributed by atoms with E-state index in [4.69, 9.17) is 0 Å². The van der Waals surface area contributed by atoms with Crippen molar-refractivity contribution in [2.75, 3.05) is 9.80 Å². The molecule has 4 nitrogen and oxygen atoms in total. The summed E-state index contributed by atoms with van der Waals surface area (Å²) in [4.78, 5) is 5.60. The van der Waals surface area contributed by atoms with Gasteiger partial charge in [0.05, 0.1) is 38.9 Å². The summed E-state index contributed by atoms with van der Waals surface area (Å²) in [5, 5.41) is 4.87. The molecule has 16 aromatic carbocycles. The minimum atomic E-state index is -0.640. The number of benzene rings is 16. The Balaban J connectivity index is 0.945. The Morgan fingerprint density at radius 2 is 0.523 bits per heavy atom. The fourth-order valence-electron chi connectivity index (χ4n) is 21.6. The van der Waals surface area contributed by atoms with E-state index in [0.29, 0.717) is 0 Å². The summed E-state index contributed by atoms with van der Waals surface area (Å²) in [5.74, 6) is 0. The molecule has 0 unspecified atom stereocenters. The van der Waals surface area contributed by atoms with Crippen LogP contribution in [0.3, 0.4) is 0 Å². The van der Waals surface area contributed by atoms with Crippen molar-refractivity contribution in [3.05, 3.63) is 401 Å². The molecule has 3 aliphatic rings. The molecule has 130 heavy (non-hydrogen) atoms. The molecule has 18 aromatic rings. The molecule has 4 heterocycles. The monoisotopic (exact) mass is 1690 g/mol. The molecule has 0 atom stereocenters. The van der Waals surface area contributed by atoms with Gasteiger partial charge in [-0.25, -0.2) is 0 Å². The maximum atomic E-state index is 2.81. The first kappa shape index (κ1) is 83.7. The first-order valence-electron chi connectivity index (χ1n) is 47.1. The Morgan fingerprint density at radius 3 is 0.877 bits per heavy atom. The quantitative estimate of drug-likeness (QED) is 0.127. The molecule has 0 bridgehead atoms. The minimum absolute atomic E-state index is 0.0819. The van der Waals surface area contributed by atoms with Crippen LogP contribution in [0.2, 0.25) is 0 Å². The van der Waals surface area contributed by atoms with Gasteiger partial charge in [0, 0.05) is 77.9 Å². The molecule has 0 saturated carbocycles. The molecule has 0 saturated heterocycles. The Labute approximate surface area is 771 Å². The molecule has 0 N–H and O–H groups in total. The SMILES string of the molecule is CC(C)(C)c1ccc(-c2cc(C(C)(C)C)cc(-c3ccc(C(C)(C)C)cc3)c2N2c3cc(-n4c5ccccc5c5ccccc54)ccc3B3c4ccc(-n5c6ccccc6c6cc7c(cc65)C(c5ccccc5)(c5ccccc5)c5ccccc5-7)cc4N(c4c(-c5ccc(C(C)(C)C)cc5)cc(C(C)(C)C)cc4-c4ccc(C(C)(C)C)cc4)c4cc(C(C)(C)C)cc2c43)cc1. The fraction of sp³-hybridized carbons (Fsp3) is 0.232. The lowest BCUT2D eigenvalue weighted by Crippen LogP contribution is -2.61. The highest BCUT2D eigenvalue weighted by atomic mass is 15.2. The number of hydrogen-bond acceptors (Lipinski definition) is 2. The predicted octanol–water partition coefficient (Wildman–Crippen LogP) is 32.1. The van der Waals surface area contributed by atoms with Gasteiger partial charge in [-0.15, -0.1) is 0 Å². The number of rotatable bonds is 10. The molecule has 0 fully saturated rings. The predicted molar refractivity (Wildman–Crippen MR) is 559 cm³/mol. The molecular weight excluding hydrogens is 1570 g/mol. The second-order valence-corrected chi connectivity index (χ2v) is 44.6. The summed E-state index contributed by atoms with van der Waals surface area (Å²) in [6.07, 6.45) is 0. The Hall–Kier alpha value is -13.2. The van der Waals surface area contributed by atoms with E-state index in [9.17, 15) is 0 Å². The normalized spacial score (nSPS) is 13.9. The van der Waals surface area contributed by atoms with Crippen molar-refractivity contribution in [1.29, 1.82) is 0 Å². The van der Waals surface area contributed by atoms with Gasteiger partial charge in [0.2, 0.25) is 0 Å². The van der Waals surface area contributed by atoms with Gasteiger partial charge >= 0.3 is 0 Å². The van der Waals surface area contributed by atoms with Crippen LogP contribution in [0.5, 0.6) is 0 Å². The maximum absolute atomic E-state index is 2.81. The number of hydrogen-bond donors (Lipinski definition) is 0. The van der Waals surface area contributed by atoms with E-state index in [2.05, 4.69) is 504 Å². The highest BCUT2D eigenvalue weighted by molar-refractivity contribution is 7.00. The van der Waals surface area contributed by atoms with Crippen molar-refractivity contribution in [3.63, 3.8) is 0 Å². The van der Waals surface area contributed by atoms with Crippen LogP contribution in [0.25, 0.3) is 111 Å². The highest BCUT2D eigenvalue weighted by Crippen LogP contribution is 2.60. The van der Waals surface area contributed by atoms with Gasteiger partial charge < -0.3 is 18.9 Å². The number of anilines is 6. The third-order valence-corrected chi connectivity index (χ3v) is 28.9. The maximum Gasteiger partial charge on any atom is 0.252 e. The molecule has 2 aromatic heterocycles. The van der Waals surface area contributed by atoms with Crippen molar-refractivity contribution in [3.8, 4) is 67.0 Å². The number of nitrogens with zero attached hydrogens (tertiary/aromatic N) is 4. The zero-order chi connectivity index (χ0) is 90.6. The summed E-state index contributed by atoms with van der Waals surface area (Å²) in [6, 6.07) is 134. The van der Waals surface area contributed by atoms with Crippen molar-refractivity contribution in [2.24, 2.45) is 0 Å². The van der Waals surface area contributed by atoms with Crippen LogP contribution >= 0.6 is 0 Å². The smallest absolute Gasteiger partial charge is 0.252 e. The summed E-state index contributed by atoms with van der Waals surface area (Å²) >= 11 is 0. The topological polar surface area (TPSA) is 16.3 Å². The van der Waals surface area contributed by atoms with E-state index in [0.717, 1.165) is 78.8 Å². The van der Waals surface area contributed by atoms with Crippen molar-refractivity contribution in [2.45, 2.75) is 189 Å². The second-order valence-electron chi connectivity index (χ2n) is 44.6. The van der Waals surface area contributed by atoms with Gasteiger partial charge in [-0.05, 0) is 240 Å². The third-order valence-electron chi connectivity index (χ3n) is 28.9. The average molecular weight is 1690 g/mol. The first-order chi connectivity index (χ1) is 61.9. The molecular formula is C125H119BN4. The van der Waals surface area contributed by atoms with E-state index in [1.807, 2.05) is 0 Å². The Bertz CT molecular complexity index is 7320. The molecule has 0 amide bonds. The van der Waals surface area contributed by atoms with E-state index in [1.165, 1.54) is 144 Å². The van der Waals surface area contributed by atoms with Crippen LogP contribution in [0.1, 0.15) is 207 Å². The summed E-state index contributed by atoms with van der Waals surface area (Å²) in [7, 11) is 0. The van der Waals surface area contributed by atoms with Crippen LogP contribution < -0.4 is 26.2 Å². The lowest BCUT2D eigenvalue weighted by Gasteiger charge is -2.47. The minimum Gasteiger partial charge on any atom is -0.310 e. The number of para-hydroxylation sites is 3. The summed E-state index contributed by atoms with van der Waals surface area (Å²) in [6.45, 7) is 49.4. The standard InChI is InChI=1S/C125H119BN4/c1-118(2,3)82-56-48-78(49-57-82)97-68-88(122(13,14)15)69-98(79-50-58-83(59-51-79)119(4,5)6)116(97)129-111-74-91(127-107-45-33-29-41-94(107)95-42-30-34-46-108(95)127)64-66-105(111)126-106-67-65-92(128-109-47-35-31-43-96(109)102-76-101-93-40-28-32-44-103(93)125(104(101)77-110(102)128,86-36-24-22-25-37-86)87-38-26-23-27-39-87)75-112(106)130(114-73-90(124(19,20)21)72-113(129)115(114)126)117-99(80-52-60-84(61-53-80)120(7,8)9)70-89(123(16,17)18)71-100(117)81-54-62-85(63-55-81)121(10,11)12/h22-77H,1-21H3. The van der Waals surface area contributed by atoms with Crippen molar-refractivity contribution in [1.82, 2.24) is 9.13 Å². The Morgan fingerprint density at radius 1 is 0.215 bits per heavy atom. The van der Waals surface area contributed by atoms with Gasteiger partial charge in [0.15, 0.2) is 0 Å². The van der Waals surface area contributed by atoms with Gasteiger partial charge in [-0.3, -0.25) is 0 Å². The first-order valence-corrected chi connectivity index (χ1v) is 47.1. The fourth-order valence-corrected chi connectivity index (χ4v) is 21.6. The molecule has 21 rings (SSSR count). The van der Waals surface area contributed by atoms with Crippen LogP contribution in [0.15, 0.2) is 340 Å². The Kier molecular flexibility index (Phi) is 19.3. The molecule has 0 radical (unpaired) electrons. The van der Waals surface area contributed by atoms with E-state index < -0.39 is 10.8 Å². The van der Waals surface area contributed by atoms with Crippen LogP contribution in [0, 0.1) is 0 Å². The molecule has 5 heteroatoms. The van der Waals surface area contributed by atoms with Crippen molar-refractivity contribution < 1.29 is 0 Å². The van der Waals surface area contributed by atoms with Crippen LogP contribution in [-0.2, 0) is 43.3 Å². The van der Waals surface area contributed by atoms with E-state index >= 15 is 0 Å². The lowest BCUT2D eigenvalue weighted by atomic mass is 9.33. The number of aromatic nitrogens is 2. The third kappa shape index (κ3) is 13.6. The molecule has 1 aliphatic carbocycles. The highest BCUT2D eigenvalue weighted by Gasteiger charge is 2.50. The van der Waals surface area contributed by atoms with Gasteiger partial charge in [0.25, 0.3) is 6.71 Å². The van der Waals surface area contributed by atoms with Gasteiger partial charge in [0.1, 0.15) is 0 Å². The van der Waals surface area contributed by atoms with E-state index in [-0.39, 0.29) is 39.2 Å². The molecule has 0 spiro atoms. The summed E-state index contributed by atoms with van der Waals surface area (Å²) < 4.78 is 5.16. The largest absolute Gasteiger partial charge is 0.310 e. The van der Waals surface area contributed by atoms with E-state index in [1.54, 1.807) is 0 Å². The van der Waals surface area contributed by atoms with Gasteiger partial charge in [-0.2, -0.15) is 0 Å². The van der Waals surface area contributed by atoms with Crippen LogP contribution in [0.4, 0.5) is 34.1 Å². The zero-order valence-electron chi connectivity index (χ0n) is 79.7. The van der Waals surface area contributed by atoms with Gasteiger partial charge in [-0.1, -0.05) is 394 Å². The number of fused-ring (bicyclic) bond motifs is 13. The lowest BCUT2D eigenvalue weighted by molar-refractivity contribution is 0.589. The van der Waals surface area contributed by atoms with Crippen molar-refractivity contribution >= 4 is 101 Å². The molecule has 2 aliphatic heterocycles. The van der Waals surface area contributed by atoms with Crippen LogP contribution in [-0.4, -0.2) is 15.8 Å². The second kappa shape index (κ2) is 29.9. The molecule has 642 valence electrons. The average Bonchev–Trinajstić information content (AvgIpc) is 1.05.